The molecule has 4 heteroatoms. The molecular formula is C15H13ClFNO. The molecule has 0 amide bonds. The SMILES string of the molecule is Cc1cnc(C(=O)Cc2ccc(F)cc2Cl)c(C)c1. The summed E-state index contributed by atoms with van der Waals surface area (Å²) in [7, 11) is 0. The Labute approximate surface area is 116 Å². The fourth-order valence-corrected chi connectivity index (χ4v) is 2.16. The van der Waals surface area contributed by atoms with Crippen LogP contribution in [0.25, 0.3) is 0 Å². The van der Waals surface area contributed by atoms with Crippen LogP contribution in [0.15, 0.2) is 30.5 Å². The van der Waals surface area contributed by atoms with Gasteiger partial charge in [-0.25, -0.2) is 4.39 Å². The third kappa shape index (κ3) is 3.18. The number of carbonyl (C=O) groups excluding carboxylic acids is 1. The molecule has 0 aliphatic heterocycles. The number of aromatic nitrogens is 1. The van der Waals surface area contributed by atoms with Gasteiger partial charge < -0.3 is 0 Å². The molecule has 1 heterocycles. The second-order valence-corrected chi connectivity index (χ2v) is 4.92. The lowest BCUT2D eigenvalue weighted by atomic mass is 10.0. The zero-order valence-electron chi connectivity index (χ0n) is 10.7. The number of Topliss-reactive ketones (excluding diaryl/α,β-unsaturated/α-hetero) is 1. The molecule has 2 rings (SSSR count). The highest BCUT2D eigenvalue weighted by Crippen LogP contribution is 2.19. The van der Waals surface area contributed by atoms with E-state index in [0.29, 0.717) is 11.3 Å². The lowest BCUT2D eigenvalue weighted by molar-refractivity contribution is 0.0987. The van der Waals surface area contributed by atoms with E-state index in [1.807, 2.05) is 19.9 Å². The van der Waals surface area contributed by atoms with E-state index in [9.17, 15) is 9.18 Å². The minimum absolute atomic E-state index is 0.119. The summed E-state index contributed by atoms with van der Waals surface area (Å²) in [6.45, 7) is 3.77. The van der Waals surface area contributed by atoms with Crippen LogP contribution in [0.4, 0.5) is 4.39 Å². The van der Waals surface area contributed by atoms with Gasteiger partial charge in [-0.15, -0.1) is 0 Å². The molecule has 19 heavy (non-hydrogen) atoms. The molecule has 2 aromatic rings. The molecule has 0 fully saturated rings. The van der Waals surface area contributed by atoms with E-state index in [1.165, 1.54) is 18.2 Å². The van der Waals surface area contributed by atoms with Crippen LogP contribution in [0, 0.1) is 19.7 Å². The van der Waals surface area contributed by atoms with Crippen molar-refractivity contribution in [2.24, 2.45) is 0 Å². The van der Waals surface area contributed by atoms with Gasteiger partial charge in [0.1, 0.15) is 11.5 Å². The van der Waals surface area contributed by atoms with Crippen LogP contribution < -0.4 is 0 Å². The number of nitrogens with zero attached hydrogens (tertiary/aromatic N) is 1. The molecule has 0 spiro atoms. The topological polar surface area (TPSA) is 30.0 Å². The second-order valence-electron chi connectivity index (χ2n) is 4.51. The molecule has 0 aliphatic rings. The third-order valence-corrected chi connectivity index (χ3v) is 3.20. The number of pyridine rings is 1. The molecular weight excluding hydrogens is 265 g/mol. The molecule has 0 saturated heterocycles. The summed E-state index contributed by atoms with van der Waals surface area (Å²) < 4.78 is 12.9. The zero-order chi connectivity index (χ0) is 14.0. The van der Waals surface area contributed by atoms with Crippen molar-refractivity contribution in [1.29, 1.82) is 0 Å². The Morgan fingerprint density at radius 2 is 2.05 bits per heavy atom. The summed E-state index contributed by atoms with van der Waals surface area (Å²) in [6, 6.07) is 5.94. The first kappa shape index (κ1) is 13.7. The lowest BCUT2D eigenvalue weighted by Crippen LogP contribution is -2.09. The summed E-state index contributed by atoms with van der Waals surface area (Å²) in [5, 5.41) is 0.262. The molecule has 1 aromatic heterocycles. The van der Waals surface area contributed by atoms with Gasteiger partial charge in [0.25, 0.3) is 0 Å². The molecule has 0 saturated carbocycles. The number of rotatable bonds is 3. The van der Waals surface area contributed by atoms with Gasteiger partial charge in [-0.05, 0) is 42.7 Å². The van der Waals surface area contributed by atoms with E-state index in [-0.39, 0.29) is 17.2 Å². The van der Waals surface area contributed by atoms with Crippen LogP contribution in [-0.2, 0) is 6.42 Å². The van der Waals surface area contributed by atoms with Crippen molar-refractivity contribution in [2.45, 2.75) is 20.3 Å². The highest BCUT2D eigenvalue weighted by molar-refractivity contribution is 6.31. The van der Waals surface area contributed by atoms with Crippen molar-refractivity contribution in [1.82, 2.24) is 4.98 Å². The maximum absolute atomic E-state index is 12.9. The fraction of sp³-hybridized carbons (Fsp3) is 0.200. The van der Waals surface area contributed by atoms with E-state index in [2.05, 4.69) is 4.98 Å². The van der Waals surface area contributed by atoms with Crippen molar-refractivity contribution in [3.63, 3.8) is 0 Å². The zero-order valence-corrected chi connectivity index (χ0v) is 11.5. The van der Waals surface area contributed by atoms with Crippen molar-refractivity contribution >= 4 is 17.4 Å². The van der Waals surface area contributed by atoms with Gasteiger partial charge >= 0.3 is 0 Å². The number of halogens is 2. The Balaban J connectivity index is 2.25. The maximum Gasteiger partial charge on any atom is 0.185 e. The van der Waals surface area contributed by atoms with Crippen LogP contribution in [0.5, 0.6) is 0 Å². The van der Waals surface area contributed by atoms with E-state index in [4.69, 9.17) is 11.6 Å². The molecule has 0 unspecified atom stereocenters. The first-order valence-corrected chi connectivity index (χ1v) is 6.25. The van der Waals surface area contributed by atoms with E-state index >= 15 is 0 Å². The van der Waals surface area contributed by atoms with Crippen LogP contribution in [0.2, 0.25) is 5.02 Å². The Morgan fingerprint density at radius 1 is 1.32 bits per heavy atom. The van der Waals surface area contributed by atoms with Gasteiger partial charge in [0.15, 0.2) is 5.78 Å². The van der Waals surface area contributed by atoms with E-state index < -0.39 is 5.82 Å². The van der Waals surface area contributed by atoms with Gasteiger partial charge in [0, 0.05) is 17.6 Å². The average molecular weight is 278 g/mol. The first-order valence-electron chi connectivity index (χ1n) is 5.88. The summed E-state index contributed by atoms with van der Waals surface area (Å²) in [5.41, 5.74) is 2.89. The summed E-state index contributed by atoms with van der Waals surface area (Å²) in [6.07, 6.45) is 1.78. The molecule has 0 bridgehead atoms. The van der Waals surface area contributed by atoms with Crippen LogP contribution in [0.3, 0.4) is 0 Å². The predicted octanol–water partition coefficient (Wildman–Crippen LogP) is 3.92. The highest BCUT2D eigenvalue weighted by atomic mass is 35.5. The quantitative estimate of drug-likeness (QED) is 0.796. The van der Waals surface area contributed by atoms with Crippen LogP contribution in [0.1, 0.15) is 27.2 Å². The molecule has 98 valence electrons. The molecule has 0 aliphatic carbocycles. The normalized spacial score (nSPS) is 10.5. The van der Waals surface area contributed by atoms with Crippen molar-refractivity contribution in [2.75, 3.05) is 0 Å². The maximum atomic E-state index is 12.9. The van der Waals surface area contributed by atoms with E-state index in [0.717, 1.165) is 11.1 Å². The minimum Gasteiger partial charge on any atom is -0.292 e. The van der Waals surface area contributed by atoms with Crippen molar-refractivity contribution < 1.29 is 9.18 Å². The van der Waals surface area contributed by atoms with Crippen molar-refractivity contribution in [3.05, 3.63) is 63.7 Å². The van der Waals surface area contributed by atoms with E-state index in [1.54, 1.807) is 6.20 Å². The smallest absolute Gasteiger partial charge is 0.185 e. The van der Waals surface area contributed by atoms with Crippen LogP contribution in [-0.4, -0.2) is 10.8 Å². The Bertz CT molecular complexity index is 640. The molecule has 1 aromatic carbocycles. The lowest BCUT2D eigenvalue weighted by Gasteiger charge is -2.06. The number of aryl methyl sites for hydroxylation is 2. The third-order valence-electron chi connectivity index (χ3n) is 2.85. The second kappa shape index (κ2) is 5.49. The molecule has 0 atom stereocenters. The largest absolute Gasteiger partial charge is 0.292 e. The highest BCUT2D eigenvalue weighted by Gasteiger charge is 2.13. The van der Waals surface area contributed by atoms with Crippen LogP contribution >= 0.6 is 11.6 Å². The number of hydrogen-bond donors (Lipinski definition) is 0. The Hall–Kier alpha value is -1.74. The fourth-order valence-electron chi connectivity index (χ4n) is 1.93. The number of ketones is 1. The number of hydrogen-bond acceptors (Lipinski definition) is 2. The van der Waals surface area contributed by atoms with Gasteiger partial charge in [0.05, 0.1) is 0 Å². The standard InChI is InChI=1S/C15H13ClFNO/c1-9-5-10(2)15(18-8-9)14(19)6-11-3-4-12(17)7-13(11)16/h3-5,7-8H,6H2,1-2H3. The summed E-state index contributed by atoms with van der Waals surface area (Å²) in [4.78, 5) is 16.3. The molecule has 2 nitrogen and oxygen atoms in total. The minimum atomic E-state index is -0.411. The van der Waals surface area contributed by atoms with Gasteiger partial charge in [-0.3, -0.25) is 9.78 Å². The summed E-state index contributed by atoms with van der Waals surface area (Å²) >= 11 is 5.91. The number of benzene rings is 1. The van der Waals surface area contributed by atoms with Gasteiger partial charge in [0.2, 0.25) is 0 Å². The Morgan fingerprint density at radius 3 is 2.68 bits per heavy atom. The first-order chi connectivity index (χ1) is 8.97. The monoisotopic (exact) mass is 277 g/mol. The molecule has 0 N–H and O–H groups in total. The van der Waals surface area contributed by atoms with Gasteiger partial charge in [-0.2, -0.15) is 0 Å². The number of carbonyl (C=O) groups is 1. The molecule has 0 radical (unpaired) electrons. The summed E-state index contributed by atoms with van der Waals surface area (Å²) in [5.74, 6) is -0.531. The van der Waals surface area contributed by atoms with Crippen molar-refractivity contribution in [3.8, 4) is 0 Å². The van der Waals surface area contributed by atoms with Gasteiger partial charge in [-0.1, -0.05) is 23.7 Å². The Kier molecular flexibility index (Phi) is 3.96. The predicted molar refractivity (Wildman–Crippen MR) is 73.2 cm³/mol. The average Bonchev–Trinajstić information content (AvgIpc) is 2.32.